The maximum absolute atomic E-state index is 12.3. The largest absolute Gasteiger partial charge is 0.493 e. The lowest BCUT2D eigenvalue weighted by atomic mass is 9.73. The molecule has 1 fully saturated rings. The van der Waals surface area contributed by atoms with E-state index in [-0.39, 0.29) is 17.3 Å². The minimum Gasteiger partial charge on any atom is -0.493 e. The SMILES string of the molecule is CCCOc1ccc(Cl)cc1-c1cc(CN2C[C@H](C(=O)OC)C[C@@H](C(C)(C)C)C2)on1. The first-order valence-corrected chi connectivity index (χ1v) is 11.3. The first kappa shape index (κ1) is 23.6. The van der Waals surface area contributed by atoms with Gasteiger partial charge in [-0.25, -0.2) is 0 Å². The maximum atomic E-state index is 12.3. The summed E-state index contributed by atoms with van der Waals surface area (Å²) in [5.41, 5.74) is 1.61. The quantitative estimate of drug-likeness (QED) is 0.525. The number of rotatable bonds is 7. The predicted octanol–water partition coefficient (Wildman–Crippen LogP) is 5.44. The number of halogens is 1. The van der Waals surface area contributed by atoms with Gasteiger partial charge in [0.05, 0.1) is 26.2 Å². The van der Waals surface area contributed by atoms with Crippen molar-refractivity contribution in [1.82, 2.24) is 10.1 Å². The van der Waals surface area contributed by atoms with Crippen LogP contribution in [0.15, 0.2) is 28.8 Å². The summed E-state index contributed by atoms with van der Waals surface area (Å²) >= 11 is 6.22. The summed E-state index contributed by atoms with van der Waals surface area (Å²) in [7, 11) is 1.46. The van der Waals surface area contributed by atoms with E-state index in [1.807, 2.05) is 24.3 Å². The van der Waals surface area contributed by atoms with Gasteiger partial charge in [0.25, 0.3) is 0 Å². The van der Waals surface area contributed by atoms with Crippen LogP contribution >= 0.6 is 11.6 Å². The van der Waals surface area contributed by atoms with Gasteiger partial charge in [-0.1, -0.05) is 44.5 Å². The number of esters is 1. The van der Waals surface area contributed by atoms with E-state index in [0.717, 1.165) is 36.5 Å². The molecule has 3 rings (SSSR count). The van der Waals surface area contributed by atoms with Crippen LogP contribution in [-0.4, -0.2) is 42.8 Å². The number of ether oxygens (including phenoxy) is 2. The van der Waals surface area contributed by atoms with Crippen molar-refractivity contribution in [2.24, 2.45) is 17.3 Å². The van der Waals surface area contributed by atoms with Gasteiger partial charge < -0.3 is 14.0 Å². The van der Waals surface area contributed by atoms with Crippen LogP contribution in [0.5, 0.6) is 5.75 Å². The van der Waals surface area contributed by atoms with E-state index in [2.05, 4.69) is 37.8 Å². The van der Waals surface area contributed by atoms with Crippen LogP contribution in [0.25, 0.3) is 11.3 Å². The molecule has 2 heterocycles. The van der Waals surface area contributed by atoms with Crippen molar-refractivity contribution in [3.05, 3.63) is 35.0 Å². The number of likely N-dealkylation sites (tertiary alicyclic amines) is 1. The Kier molecular flexibility index (Phi) is 7.65. The molecule has 2 atom stereocenters. The standard InChI is InChI=1S/C24H33ClN2O4/c1-6-9-30-22-8-7-18(25)11-20(22)21-12-19(31-26-21)15-27-13-16(23(28)29-5)10-17(14-27)24(2,3)4/h7-8,11-12,16-17H,6,9-10,13-15H2,1-5H3/t16-,17-/m1/s1. The molecule has 170 valence electrons. The molecule has 1 aliphatic rings. The van der Waals surface area contributed by atoms with Crippen molar-refractivity contribution in [2.75, 3.05) is 26.8 Å². The van der Waals surface area contributed by atoms with Crippen LogP contribution in [0.2, 0.25) is 5.02 Å². The molecule has 1 aliphatic heterocycles. The average molecular weight is 449 g/mol. The third-order valence-corrected chi connectivity index (χ3v) is 6.14. The molecule has 31 heavy (non-hydrogen) atoms. The highest BCUT2D eigenvalue weighted by Gasteiger charge is 2.37. The van der Waals surface area contributed by atoms with E-state index < -0.39 is 0 Å². The second-order valence-electron chi connectivity index (χ2n) is 9.38. The third-order valence-electron chi connectivity index (χ3n) is 5.90. The Morgan fingerprint density at radius 1 is 1.29 bits per heavy atom. The summed E-state index contributed by atoms with van der Waals surface area (Å²) in [4.78, 5) is 14.5. The molecule has 2 aromatic rings. The molecule has 0 radical (unpaired) electrons. The van der Waals surface area contributed by atoms with Gasteiger partial charge in [0, 0.05) is 29.7 Å². The molecule has 1 aromatic carbocycles. The number of carbonyl (C=O) groups excluding carboxylic acids is 1. The molecule has 0 saturated carbocycles. The van der Waals surface area contributed by atoms with Gasteiger partial charge >= 0.3 is 5.97 Å². The molecule has 7 heteroatoms. The lowest BCUT2D eigenvalue weighted by molar-refractivity contribution is -0.149. The summed E-state index contributed by atoms with van der Waals surface area (Å²) in [5, 5.41) is 4.89. The van der Waals surface area contributed by atoms with Crippen LogP contribution < -0.4 is 4.74 Å². The van der Waals surface area contributed by atoms with E-state index in [1.54, 1.807) is 0 Å². The lowest BCUT2D eigenvalue weighted by Crippen LogP contribution is -2.46. The zero-order chi connectivity index (χ0) is 22.6. The maximum Gasteiger partial charge on any atom is 0.309 e. The molecule has 6 nitrogen and oxygen atoms in total. The highest BCUT2D eigenvalue weighted by atomic mass is 35.5. The summed E-state index contributed by atoms with van der Waals surface area (Å²) in [6.45, 7) is 11.5. The molecule has 0 amide bonds. The first-order chi connectivity index (χ1) is 14.7. The summed E-state index contributed by atoms with van der Waals surface area (Å²) < 4.78 is 16.6. The van der Waals surface area contributed by atoms with Gasteiger partial charge in [-0.3, -0.25) is 9.69 Å². The van der Waals surface area contributed by atoms with Crippen LogP contribution in [0.1, 0.15) is 46.3 Å². The van der Waals surface area contributed by atoms with Gasteiger partial charge in [0.15, 0.2) is 5.76 Å². The summed E-state index contributed by atoms with van der Waals surface area (Å²) in [6, 6.07) is 7.45. The Morgan fingerprint density at radius 2 is 2.06 bits per heavy atom. The number of benzene rings is 1. The van der Waals surface area contributed by atoms with E-state index >= 15 is 0 Å². The first-order valence-electron chi connectivity index (χ1n) is 10.9. The smallest absolute Gasteiger partial charge is 0.309 e. The van der Waals surface area contributed by atoms with E-state index in [0.29, 0.717) is 36.3 Å². The molecule has 0 unspecified atom stereocenters. The highest BCUT2D eigenvalue weighted by molar-refractivity contribution is 6.30. The van der Waals surface area contributed by atoms with Crippen molar-refractivity contribution in [1.29, 1.82) is 0 Å². The number of piperidine rings is 1. The highest BCUT2D eigenvalue weighted by Crippen LogP contribution is 2.37. The summed E-state index contributed by atoms with van der Waals surface area (Å²) in [5.74, 6) is 1.59. The van der Waals surface area contributed by atoms with Crippen LogP contribution in [-0.2, 0) is 16.1 Å². The molecular formula is C24H33ClN2O4. The lowest BCUT2D eigenvalue weighted by Gasteiger charge is -2.42. The van der Waals surface area contributed by atoms with E-state index in [1.165, 1.54) is 7.11 Å². The summed E-state index contributed by atoms with van der Waals surface area (Å²) in [6.07, 6.45) is 1.76. The Morgan fingerprint density at radius 3 is 2.74 bits per heavy atom. The van der Waals surface area contributed by atoms with Crippen molar-refractivity contribution in [2.45, 2.75) is 47.1 Å². The zero-order valence-corrected chi connectivity index (χ0v) is 19.9. The minimum atomic E-state index is -0.145. The van der Waals surface area contributed by atoms with Gasteiger partial charge in [-0.2, -0.15) is 0 Å². The molecule has 0 aliphatic carbocycles. The molecule has 0 N–H and O–H groups in total. The number of hydrogen-bond acceptors (Lipinski definition) is 6. The second-order valence-corrected chi connectivity index (χ2v) is 9.82. The van der Waals surface area contributed by atoms with Crippen molar-refractivity contribution in [3.8, 4) is 17.0 Å². The zero-order valence-electron chi connectivity index (χ0n) is 19.1. The number of carbonyl (C=O) groups is 1. The van der Waals surface area contributed by atoms with Crippen molar-refractivity contribution in [3.63, 3.8) is 0 Å². The fourth-order valence-corrected chi connectivity index (χ4v) is 4.23. The average Bonchev–Trinajstić information content (AvgIpc) is 3.19. The number of hydrogen-bond donors (Lipinski definition) is 0. The van der Waals surface area contributed by atoms with Gasteiger partial charge in [0.1, 0.15) is 11.4 Å². The van der Waals surface area contributed by atoms with Gasteiger partial charge in [-0.15, -0.1) is 0 Å². The predicted molar refractivity (Wildman–Crippen MR) is 121 cm³/mol. The fourth-order valence-electron chi connectivity index (χ4n) is 4.06. The van der Waals surface area contributed by atoms with E-state index in [9.17, 15) is 4.79 Å². The monoisotopic (exact) mass is 448 g/mol. The van der Waals surface area contributed by atoms with Crippen LogP contribution in [0, 0.1) is 17.3 Å². The van der Waals surface area contributed by atoms with Gasteiger partial charge in [0.2, 0.25) is 0 Å². The van der Waals surface area contributed by atoms with Crippen LogP contribution in [0.4, 0.5) is 0 Å². The number of aromatic nitrogens is 1. The third kappa shape index (κ3) is 6.01. The Labute approximate surface area is 189 Å². The molecule has 0 spiro atoms. The molecule has 1 aromatic heterocycles. The minimum absolute atomic E-state index is 0.101. The normalized spacial score (nSPS) is 19.9. The molecule has 0 bridgehead atoms. The molecular weight excluding hydrogens is 416 g/mol. The van der Waals surface area contributed by atoms with Crippen molar-refractivity contribution >= 4 is 17.6 Å². The topological polar surface area (TPSA) is 64.8 Å². The Bertz CT molecular complexity index is 890. The number of nitrogens with zero attached hydrogens (tertiary/aromatic N) is 2. The second kappa shape index (κ2) is 10.0. The van der Waals surface area contributed by atoms with Crippen molar-refractivity contribution < 1.29 is 18.8 Å². The fraction of sp³-hybridized carbons (Fsp3) is 0.583. The van der Waals surface area contributed by atoms with Crippen LogP contribution in [0.3, 0.4) is 0 Å². The van der Waals surface area contributed by atoms with Gasteiger partial charge in [-0.05, 0) is 42.4 Å². The Balaban J connectivity index is 1.78. The Hall–Kier alpha value is -2.05. The molecule has 1 saturated heterocycles. The number of methoxy groups -OCH3 is 1. The van der Waals surface area contributed by atoms with E-state index in [4.69, 9.17) is 25.6 Å².